The molecule has 0 bridgehead atoms. The fourth-order valence-electron chi connectivity index (χ4n) is 3.15. The van der Waals surface area contributed by atoms with Crippen molar-refractivity contribution in [3.05, 3.63) is 83.6 Å². The third-order valence-electron chi connectivity index (χ3n) is 4.88. The molecular formula is C23H23N3O. The van der Waals surface area contributed by atoms with Gasteiger partial charge in [-0.15, -0.1) is 0 Å². The maximum Gasteiger partial charge on any atom is 0.246 e. The van der Waals surface area contributed by atoms with Gasteiger partial charge in [-0.05, 0) is 25.0 Å². The number of benzene rings is 2. The Bertz CT molecular complexity index is 951. The van der Waals surface area contributed by atoms with Crippen LogP contribution >= 0.6 is 0 Å². The Morgan fingerprint density at radius 3 is 2.48 bits per heavy atom. The van der Waals surface area contributed by atoms with E-state index in [4.69, 9.17) is 5.10 Å². The van der Waals surface area contributed by atoms with Crippen molar-refractivity contribution >= 4 is 12.0 Å². The third-order valence-corrected chi connectivity index (χ3v) is 4.88. The van der Waals surface area contributed by atoms with Crippen molar-refractivity contribution in [2.75, 3.05) is 13.1 Å². The van der Waals surface area contributed by atoms with Gasteiger partial charge < -0.3 is 4.90 Å². The van der Waals surface area contributed by atoms with E-state index in [1.165, 1.54) is 11.1 Å². The summed E-state index contributed by atoms with van der Waals surface area (Å²) in [5.41, 5.74) is 5.33. The molecule has 0 atom stereocenters. The summed E-state index contributed by atoms with van der Waals surface area (Å²) in [7, 11) is 0. The SMILES string of the molecule is Cc1ccc(-c2nn(Cc3ccccc3)cc2/C=C/C(=O)N2CCC2)cc1. The fourth-order valence-corrected chi connectivity index (χ4v) is 3.15. The lowest BCUT2D eigenvalue weighted by atomic mass is 10.1. The minimum absolute atomic E-state index is 0.0758. The van der Waals surface area contributed by atoms with Crippen LogP contribution in [0.2, 0.25) is 0 Å². The van der Waals surface area contributed by atoms with Gasteiger partial charge in [0.15, 0.2) is 0 Å². The van der Waals surface area contributed by atoms with Crippen molar-refractivity contribution in [2.45, 2.75) is 19.9 Å². The molecule has 0 unspecified atom stereocenters. The standard InChI is InChI=1S/C23H23N3O/c1-18-8-10-20(11-9-18)23-21(12-13-22(27)25-14-5-15-25)17-26(24-23)16-19-6-3-2-4-7-19/h2-4,6-13,17H,5,14-16H2,1H3/b13-12+. The van der Waals surface area contributed by atoms with E-state index >= 15 is 0 Å². The van der Waals surface area contributed by atoms with Gasteiger partial charge in [0, 0.05) is 36.5 Å². The number of hydrogen-bond donors (Lipinski definition) is 0. The van der Waals surface area contributed by atoms with E-state index in [0.717, 1.165) is 36.3 Å². The molecule has 0 aliphatic carbocycles. The number of aromatic nitrogens is 2. The third kappa shape index (κ3) is 4.00. The van der Waals surface area contributed by atoms with Crippen LogP contribution in [-0.4, -0.2) is 33.7 Å². The summed E-state index contributed by atoms with van der Waals surface area (Å²) in [6, 6.07) is 18.6. The molecule has 4 heteroatoms. The Hall–Kier alpha value is -3.14. The molecule has 2 heterocycles. The van der Waals surface area contributed by atoms with Crippen LogP contribution in [0.5, 0.6) is 0 Å². The number of carbonyl (C=O) groups is 1. The number of amides is 1. The highest BCUT2D eigenvalue weighted by Crippen LogP contribution is 2.24. The zero-order valence-electron chi connectivity index (χ0n) is 15.5. The van der Waals surface area contributed by atoms with Gasteiger partial charge in [-0.1, -0.05) is 60.2 Å². The molecule has 3 aromatic rings. The van der Waals surface area contributed by atoms with Gasteiger partial charge in [0.05, 0.1) is 12.2 Å². The van der Waals surface area contributed by atoms with E-state index in [0.29, 0.717) is 6.54 Å². The van der Waals surface area contributed by atoms with E-state index in [2.05, 4.69) is 43.3 Å². The van der Waals surface area contributed by atoms with Crippen LogP contribution in [0, 0.1) is 6.92 Å². The largest absolute Gasteiger partial charge is 0.339 e. The molecule has 1 fully saturated rings. The van der Waals surface area contributed by atoms with Crippen molar-refractivity contribution in [3.63, 3.8) is 0 Å². The maximum atomic E-state index is 12.2. The first-order chi connectivity index (χ1) is 13.2. The van der Waals surface area contributed by atoms with E-state index in [-0.39, 0.29) is 5.91 Å². The lowest BCUT2D eigenvalue weighted by Gasteiger charge is -2.29. The lowest BCUT2D eigenvalue weighted by Crippen LogP contribution is -2.40. The highest BCUT2D eigenvalue weighted by atomic mass is 16.2. The smallest absolute Gasteiger partial charge is 0.246 e. The zero-order valence-corrected chi connectivity index (χ0v) is 15.5. The topological polar surface area (TPSA) is 38.1 Å². The van der Waals surface area contributed by atoms with Crippen molar-refractivity contribution in [1.82, 2.24) is 14.7 Å². The highest BCUT2D eigenvalue weighted by Gasteiger charge is 2.18. The molecule has 0 spiro atoms. The summed E-state index contributed by atoms with van der Waals surface area (Å²) in [5, 5.41) is 4.80. The molecule has 0 saturated carbocycles. The molecule has 1 aliphatic heterocycles. The normalized spacial score (nSPS) is 13.7. The summed E-state index contributed by atoms with van der Waals surface area (Å²) in [6.07, 6.45) is 6.68. The second-order valence-corrected chi connectivity index (χ2v) is 6.99. The van der Waals surface area contributed by atoms with Gasteiger partial charge in [0.2, 0.25) is 5.91 Å². The van der Waals surface area contributed by atoms with Crippen LogP contribution in [0.25, 0.3) is 17.3 Å². The second kappa shape index (κ2) is 7.62. The number of rotatable bonds is 5. The van der Waals surface area contributed by atoms with Crippen LogP contribution in [0.4, 0.5) is 0 Å². The van der Waals surface area contributed by atoms with E-state index in [1.807, 2.05) is 40.1 Å². The van der Waals surface area contributed by atoms with Crippen molar-refractivity contribution < 1.29 is 4.79 Å². The van der Waals surface area contributed by atoms with Crippen molar-refractivity contribution in [3.8, 4) is 11.3 Å². The minimum Gasteiger partial charge on any atom is -0.339 e. The molecule has 0 radical (unpaired) electrons. The first-order valence-electron chi connectivity index (χ1n) is 9.34. The Kier molecular flexibility index (Phi) is 4.88. The number of likely N-dealkylation sites (tertiary alicyclic amines) is 1. The lowest BCUT2D eigenvalue weighted by molar-refractivity contribution is -0.129. The van der Waals surface area contributed by atoms with Gasteiger partial charge in [-0.2, -0.15) is 5.10 Å². The number of aryl methyl sites for hydroxylation is 1. The predicted octanol–water partition coefficient (Wildman–Crippen LogP) is 4.15. The predicted molar refractivity (Wildman–Crippen MR) is 108 cm³/mol. The van der Waals surface area contributed by atoms with Crippen molar-refractivity contribution in [1.29, 1.82) is 0 Å². The summed E-state index contributed by atoms with van der Waals surface area (Å²) in [4.78, 5) is 14.1. The average molecular weight is 357 g/mol. The molecule has 1 saturated heterocycles. The molecule has 4 nitrogen and oxygen atoms in total. The number of hydrogen-bond acceptors (Lipinski definition) is 2. The van der Waals surface area contributed by atoms with E-state index in [9.17, 15) is 4.79 Å². The summed E-state index contributed by atoms with van der Waals surface area (Å²) >= 11 is 0. The quantitative estimate of drug-likeness (QED) is 0.643. The van der Waals surface area contributed by atoms with Gasteiger partial charge in [-0.3, -0.25) is 9.48 Å². The maximum absolute atomic E-state index is 12.2. The van der Waals surface area contributed by atoms with Gasteiger partial charge >= 0.3 is 0 Å². The first-order valence-corrected chi connectivity index (χ1v) is 9.34. The Labute approximate surface area is 159 Å². The number of nitrogens with zero attached hydrogens (tertiary/aromatic N) is 3. The molecule has 136 valence electrons. The monoisotopic (exact) mass is 357 g/mol. The van der Waals surface area contributed by atoms with Gasteiger partial charge in [0.25, 0.3) is 0 Å². The summed E-state index contributed by atoms with van der Waals surface area (Å²) in [5.74, 6) is 0.0758. The zero-order chi connectivity index (χ0) is 18.6. The fraction of sp³-hybridized carbons (Fsp3) is 0.217. The van der Waals surface area contributed by atoms with Crippen LogP contribution in [0.1, 0.15) is 23.1 Å². The summed E-state index contributed by atoms with van der Waals surface area (Å²) < 4.78 is 1.94. The molecule has 1 aromatic heterocycles. The minimum atomic E-state index is 0.0758. The average Bonchev–Trinajstić information content (AvgIpc) is 3.03. The summed E-state index contributed by atoms with van der Waals surface area (Å²) in [6.45, 7) is 4.50. The van der Waals surface area contributed by atoms with Crippen molar-refractivity contribution in [2.24, 2.45) is 0 Å². The van der Waals surface area contributed by atoms with Crippen LogP contribution in [0.3, 0.4) is 0 Å². The Balaban J connectivity index is 1.65. The Morgan fingerprint density at radius 1 is 1.07 bits per heavy atom. The van der Waals surface area contributed by atoms with Crippen LogP contribution in [-0.2, 0) is 11.3 Å². The van der Waals surface area contributed by atoms with Gasteiger partial charge in [0.1, 0.15) is 0 Å². The Morgan fingerprint density at radius 2 is 1.81 bits per heavy atom. The van der Waals surface area contributed by atoms with E-state index < -0.39 is 0 Å². The molecule has 4 rings (SSSR count). The number of carbonyl (C=O) groups excluding carboxylic acids is 1. The first kappa shape index (κ1) is 17.3. The van der Waals surface area contributed by atoms with Crippen LogP contribution in [0.15, 0.2) is 66.9 Å². The molecular weight excluding hydrogens is 334 g/mol. The second-order valence-electron chi connectivity index (χ2n) is 6.99. The molecule has 2 aromatic carbocycles. The highest BCUT2D eigenvalue weighted by molar-refractivity contribution is 5.93. The molecule has 27 heavy (non-hydrogen) atoms. The molecule has 0 N–H and O–H groups in total. The van der Waals surface area contributed by atoms with Gasteiger partial charge in [-0.25, -0.2) is 0 Å². The van der Waals surface area contributed by atoms with E-state index in [1.54, 1.807) is 6.08 Å². The molecule has 1 aliphatic rings. The van der Waals surface area contributed by atoms with Crippen LogP contribution < -0.4 is 0 Å². The molecule has 1 amide bonds.